The third-order valence-electron chi connectivity index (χ3n) is 4.13. The molecule has 3 heteroatoms. The molecule has 0 amide bonds. The first-order valence-electron chi connectivity index (χ1n) is 6.61. The minimum absolute atomic E-state index is 0.353. The Bertz CT molecular complexity index is 464. The van der Waals surface area contributed by atoms with Crippen molar-refractivity contribution in [3.8, 4) is 6.07 Å². The molecule has 0 heterocycles. The number of hydrogen-bond donors (Lipinski definition) is 1. The molecule has 0 radical (unpaired) electrons. The van der Waals surface area contributed by atoms with E-state index < -0.39 is 0 Å². The Kier molecular flexibility index (Phi) is 3.86. The van der Waals surface area contributed by atoms with Crippen LogP contribution < -0.4 is 5.32 Å². The van der Waals surface area contributed by atoms with Crippen LogP contribution in [-0.2, 0) is 0 Å². The first-order valence-corrected chi connectivity index (χ1v) is 6.61. The highest BCUT2D eigenvalue weighted by Gasteiger charge is 2.31. The summed E-state index contributed by atoms with van der Waals surface area (Å²) in [4.78, 5) is 0. The Morgan fingerprint density at radius 1 is 1.39 bits per heavy atom. The highest BCUT2D eigenvalue weighted by atomic mass is 19.1. The lowest BCUT2D eigenvalue weighted by atomic mass is 9.93. The fourth-order valence-electron chi connectivity index (χ4n) is 2.98. The molecule has 96 valence electrons. The van der Waals surface area contributed by atoms with Gasteiger partial charge in [0.25, 0.3) is 0 Å². The summed E-state index contributed by atoms with van der Waals surface area (Å²) >= 11 is 0. The minimum Gasteiger partial charge on any atom is -0.382 e. The Hall–Kier alpha value is -1.56. The predicted molar refractivity (Wildman–Crippen MR) is 70.7 cm³/mol. The molecule has 2 rings (SSSR count). The number of rotatable bonds is 3. The average Bonchev–Trinajstić information content (AvgIpc) is 2.70. The molecule has 1 saturated carbocycles. The second kappa shape index (κ2) is 5.39. The van der Waals surface area contributed by atoms with E-state index in [9.17, 15) is 4.39 Å². The zero-order valence-electron chi connectivity index (χ0n) is 10.9. The SMILES string of the molecule is CCC1CCC(Nc2cc(F)cc(C#N)c2)C1C. The van der Waals surface area contributed by atoms with Gasteiger partial charge in [-0.3, -0.25) is 0 Å². The summed E-state index contributed by atoms with van der Waals surface area (Å²) in [6, 6.07) is 6.82. The van der Waals surface area contributed by atoms with Gasteiger partial charge < -0.3 is 5.32 Å². The topological polar surface area (TPSA) is 35.8 Å². The number of benzene rings is 1. The number of nitrogens with one attached hydrogen (secondary N) is 1. The normalized spacial score (nSPS) is 26.9. The Balaban J connectivity index is 2.11. The van der Waals surface area contributed by atoms with Crippen molar-refractivity contribution in [1.82, 2.24) is 0 Å². The lowest BCUT2D eigenvalue weighted by Gasteiger charge is -2.22. The minimum atomic E-state index is -0.353. The van der Waals surface area contributed by atoms with Gasteiger partial charge in [-0.25, -0.2) is 4.39 Å². The highest BCUT2D eigenvalue weighted by molar-refractivity contribution is 5.50. The smallest absolute Gasteiger partial charge is 0.126 e. The van der Waals surface area contributed by atoms with E-state index in [1.165, 1.54) is 25.0 Å². The van der Waals surface area contributed by atoms with E-state index >= 15 is 0 Å². The maximum atomic E-state index is 13.3. The molecule has 3 atom stereocenters. The second-order valence-corrected chi connectivity index (χ2v) is 5.20. The molecule has 1 fully saturated rings. The fourth-order valence-corrected chi connectivity index (χ4v) is 2.98. The standard InChI is InChI=1S/C15H19FN2/c1-3-12-4-5-15(10(12)2)18-14-7-11(9-17)6-13(16)8-14/h6-8,10,12,15,18H,3-5H2,1-2H3. The van der Waals surface area contributed by atoms with Gasteiger partial charge in [0.05, 0.1) is 11.6 Å². The molecular weight excluding hydrogens is 227 g/mol. The summed E-state index contributed by atoms with van der Waals surface area (Å²) in [6.07, 6.45) is 3.56. The molecule has 0 bridgehead atoms. The molecule has 1 aliphatic rings. The third kappa shape index (κ3) is 2.64. The molecule has 1 aromatic rings. The van der Waals surface area contributed by atoms with Gasteiger partial charge in [0.1, 0.15) is 5.82 Å². The van der Waals surface area contributed by atoms with Crippen molar-refractivity contribution in [1.29, 1.82) is 5.26 Å². The molecule has 1 aromatic carbocycles. The molecule has 0 aromatic heterocycles. The largest absolute Gasteiger partial charge is 0.382 e. The van der Waals surface area contributed by atoms with Crippen LogP contribution in [0.3, 0.4) is 0 Å². The van der Waals surface area contributed by atoms with Crippen LogP contribution >= 0.6 is 0 Å². The lowest BCUT2D eigenvalue weighted by Crippen LogP contribution is -2.24. The van der Waals surface area contributed by atoms with E-state index in [4.69, 9.17) is 5.26 Å². The summed E-state index contributed by atoms with van der Waals surface area (Å²) < 4.78 is 13.3. The van der Waals surface area contributed by atoms with Crippen LogP contribution in [0.15, 0.2) is 18.2 Å². The highest BCUT2D eigenvalue weighted by Crippen LogP contribution is 2.35. The molecule has 0 aliphatic heterocycles. The van der Waals surface area contributed by atoms with Gasteiger partial charge in [0.15, 0.2) is 0 Å². The van der Waals surface area contributed by atoms with E-state index in [0.717, 1.165) is 18.0 Å². The molecule has 18 heavy (non-hydrogen) atoms. The van der Waals surface area contributed by atoms with E-state index in [2.05, 4.69) is 19.2 Å². The Morgan fingerprint density at radius 3 is 2.78 bits per heavy atom. The van der Waals surface area contributed by atoms with Crippen molar-refractivity contribution in [2.75, 3.05) is 5.32 Å². The molecule has 0 saturated heterocycles. The first kappa shape index (κ1) is 12.9. The summed E-state index contributed by atoms with van der Waals surface area (Å²) in [7, 11) is 0. The number of hydrogen-bond acceptors (Lipinski definition) is 2. The van der Waals surface area contributed by atoms with Crippen LogP contribution in [0.4, 0.5) is 10.1 Å². The van der Waals surface area contributed by atoms with Crippen LogP contribution in [-0.4, -0.2) is 6.04 Å². The van der Waals surface area contributed by atoms with Crippen molar-refractivity contribution in [2.24, 2.45) is 11.8 Å². The van der Waals surface area contributed by atoms with Gasteiger partial charge in [0.2, 0.25) is 0 Å². The van der Waals surface area contributed by atoms with E-state index in [0.29, 0.717) is 17.5 Å². The van der Waals surface area contributed by atoms with Crippen LogP contribution in [0.1, 0.15) is 38.7 Å². The average molecular weight is 246 g/mol. The van der Waals surface area contributed by atoms with Gasteiger partial charge in [-0.05, 0) is 42.9 Å². The maximum absolute atomic E-state index is 13.3. The van der Waals surface area contributed by atoms with Crippen molar-refractivity contribution in [3.63, 3.8) is 0 Å². The van der Waals surface area contributed by atoms with E-state index in [1.807, 2.05) is 6.07 Å². The van der Waals surface area contributed by atoms with Crippen LogP contribution in [0.25, 0.3) is 0 Å². The van der Waals surface area contributed by atoms with Crippen molar-refractivity contribution >= 4 is 5.69 Å². The van der Waals surface area contributed by atoms with Gasteiger partial charge in [-0.2, -0.15) is 5.26 Å². The third-order valence-corrected chi connectivity index (χ3v) is 4.13. The summed E-state index contributed by atoms with van der Waals surface area (Å²) in [5.41, 5.74) is 1.09. The number of nitrogens with zero attached hydrogens (tertiary/aromatic N) is 1. The molecule has 2 nitrogen and oxygen atoms in total. The molecule has 3 unspecified atom stereocenters. The first-order chi connectivity index (χ1) is 8.63. The van der Waals surface area contributed by atoms with Crippen molar-refractivity contribution in [3.05, 3.63) is 29.6 Å². The summed E-state index contributed by atoms with van der Waals surface area (Å²) in [5.74, 6) is 1.00. The molecule has 1 N–H and O–H groups in total. The maximum Gasteiger partial charge on any atom is 0.126 e. The van der Waals surface area contributed by atoms with Gasteiger partial charge in [0, 0.05) is 11.7 Å². The van der Waals surface area contributed by atoms with E-state index in [1.54, 1.807) is 6.07 Å². The van der Waals surface area contributed by atoms with Crippen molar-refractivity contribution < 1.29 is 4.39 Å². The quantitative estimate of drug-likeness (QED) is 0.877. The van der Waals surface area contributed by atoms with Crippen molar-refractivity contribution in [2.45, 2.75) is 39.2 Å². The van der Waals surface area contributed by atoms with Crippen LogP contribution in [0.2, 0.25) is 0 Å². The zero-order chi connectivity index (χ0) is 13.1. The predicted octanol–water partition coefficient (Wildman–Crippen LogP) is 3.93. The Labute approximate surface area is 108 Å². The monoisotopic (exact) mass is 246 g/mol. The second-order valence-electron chi connectivity index (χ2n) is 5.20. The fraction of sp³-hybridized carbons (Fsp3) is 0.533. The van der Waals surface area contributed by atoms with E-state index in [-0.39, 0.29) is 5.82 Å². The molecule has 1 aliphatic carbocycles. The molecular formula is C15H19FN2. The number of nitriles is 1. The Morgan fingerprint density at radius 2 is 2.17 bits per heavy atom. The summed E-state index contributed by atoms with van der Waals surface area (Å²) in [6.45, 7) is 4.48. The van der Waals surface area contributed by atoms with Gasteiger partial charge in [-0.1, -0.05) is 20.3 Å². The van der Waals surface area contributed by atoms with Crippen LogP contribution in [0, 0.1) is 29.0 Å². The zero-order valence-corrected chi connectivity index (χ0v) is 10.9. The van der Waals surface area contributed by atoms with Gasteiger partial charge >= 0.3 is 0 Å². The molecule has 0 spiro atoms. The van der Waals surface area contributed by atoms with Gasteiger partial charge in [-0.15, -0.1) is 0 Å². The number of halogens is 1. The number of anilines is 1. The lowest BCUT2D eigenvalue weighted by molar-refractivity contribution is 0.392. The summed E-state index contributed by atoms with van der Waals surface area (Å²) in [5, 5.41) is 12.2. The van der Waals surface area contributed by atoms with Crippen LogP contribution in [0.5, 0.6) is 0 Å².